The second-order valence-electron chi connectivity index (χ2n) is 3.55. The number of hydrogen-bond donors (Lipinski definition) is 2. The van der Waals surface area contributed by atoms with Gasteiger partial charge in [-0.05, 0) is 24.3 Å². The molecule has 0 fully saturated rings. The minimum absolute atomic E-state index is 0.170. The monoisotopic (exact) mass is 265 g/mol. The van der Waals surface area contributed by atoms with Gasteiger partial charge in [0.1, 0.15) is 4.99 Å². The SMILES string of the molecule is NC(=S)c1cc(Nc2ccc(F)c(F)c2)ccn1. The summed E-state index contributed by atoms with van der Waals surface area (Å²) in [7, 11) is 0. The predicted molar refractivity (Wildman–Crippen MR) is 69.8 cm³/mol. The van der Waals surface area contributed by atoms with E-state index >= 15 is 0 Å². The van der Waals surface area contributed by atoms with Crippen LogP contribution in [0.4, 0.5) is 20.2 Å². The molecule has 0 aliphatic rings. The van der Waals surface area contributed by atoms with E-state index in [9.17, 15) is 8.78 Å². The van der Waals surface area contributed by atoms with E-state index in [-0.39, 0.29) is 4.99 Å². The highest BCUT2D eigenvalue weighted by Crippen LogP contribution is 2.19. The van der Waals surface area contributed by atoms with Crippen molar-refractivity contribution in [1.29, 1.82) is 0 Å². The maximum Gasteiger partial charge on any atom is 0.160 e. The second kappa shape index (κ2) is 5.05. The number of rotatable bonds is 3. The Morgan fingerprint density at radius 3 is 2.50 bits per heavy atom. The maximum absolute atomic E-state index is 13.0. The lowest BCUT2D eigenvalue weighted by atomic mass is 10.2. The Labute approximate surface area is 108 Å². The third kappa shape index (κ3) is 2.78. The zero-order chi connectivity index (χ0) is 13.1. The molecule has 0 atom stereocenters. The molecule has 3 nitrogen and oxygen atoms in total. The summed E-state index contributed by atoms with van der Waals surface area (Å²) in [6.45, 7) is 0. The molecule has 0 saturated carbocycles. The van der Waals surface area contributed by atoms with E-state index in [0.29, 0.717) is 17.1 Å². The molecule has 0 amide bonds. The Bertz CT molecular complexity index is 602. The van der Waals surface area contributed by atoms with Crippen molar-refractivity contribution >= 4 is 28.6 Å². The van der Waals surface area contributed by atoms with Gasteiger partial charge in [-0.3, -0.25) is 4.98 Å². The summed E-state index contributed by atoms with van der Waals surface area (Å²) in [4.78, 5) is 4.14. The number of nitrogens with two attached hydrogens (primary N) is 1. The molecule has 0 aliphatic heterocycles. The molecule has 0 saturated heterocycles. The number of anilines is 2. The van der Waals surface area contributed by atoms with Gasteiger partial charge in [0.2, 0.25) is 0 Å². The molecule has 0 aliphatic carbocycles. The van der Waals surface area contributed by atoms with Crippen molar-refractivity contribution in [3.8, 4) is 0 Å². The Hall–Kier alpha value is -2.08. The van der Waals surface area contributed by atoms with Gasteiger partial charge in [0.15, 0.2) is 11.6 Å². The van der Waals surface area contributed by atoms with Gasteiger partial charge in [-0.1, -0.05) is 12.2 Å². The average Bonchev–Trinajstić information content (AvgIpc) is 2.34. The lowest BCUT2D eigenvalue weighted by molar-refractivity contribution is 0.509. The largest absolute Gasteiger partial charge is 0.388 e. The van der Waals surface area contributed by atoms with Crippen molar-refractivity contribution in [2.45, 2.75) is 0 Å². The normalized spacial score (nSPS) is 10.1. The first-order chi connectivity index (χ1) is 8.56. The van der Waals surface area contributed by atoms with Crippen molar-refractivity contribution < 1.29 is 8.78 Å². The molecule has 1 aromatic heterocycles. The standard InChI is InChI=1S/C12H9F2N3S/c13-9-2-1-7(5-10(9)14)17-8-3-4-16-11(6-8)12(15)18/h1-6H,(H2,15,18)(H,16,17). The molecule has 0 radical (unpaired) electrons. The lowest BCUT2D eigenvalue weighted by Crippen LogP contribution is -2.11. The van der Waals surface area contributed by atoms with Crippen molar-refractivity contribution in [2.24, 2.45) is 5.73 Å². The number of hydrogen-bond acceptors (Lipinski definition) is 3. The molecule has 18 heavy (non-hydrogen) atoms. The van der Waals surface area contributed by atoms with E-state index in [1.54, 1.807) is 12.1 Å². The summed E-state index contributed by atoms with van der Waals surface area (Å²) in [5.74, 6) is -1.80. The van der Waals surface area contributed by atoms with E-state index < -0.39 is 11.6 Å². The molecule has 1 heterocycles. The van der Waals surface area contributed by atoms with Crippen LogP contribution in [0, 0.1) is 11.6 Å². The summed E-state index contributed by atoms with van der Waals surface area (Å²) in [5, 5.41) is 2.91. The number of pyridine rings is 1. The zero-order valence-electron chi connectivity index (χ0n) is 9.15. The maximum atomic E-state index is 13.0. The topological polar surface area (TPSA) is 50.9 Å². The summed E-state index contributed by atoms with van der Waals surface area (Å²) >= 11 is 4.80. The molecule has 2 rings (SSSR count). The van der Waals surface area contributed by atoms with Crippen LogP contribution in [0.15, 0.2) is 36.5 Å². The number of halogens is 2. The predicted octanol–water partition coefficient (Wildman–Crippen LogP) is 2.74. The first-order valence-corrected chi connectivity index (χ1v) is 5.45. The van der Waals surface area contributed by atoms with Gasteiger partial charge in [0.25, 0.3) is 0 Å². The van der Waals surface area contributed by atoms with Crippen LogP contribution in [-0.2, 0) is 0 Å². The smallest absolute Gasteiger partial charge is 0.160 e. The van der Waals surface area contributed by atoms with Crippen LogP contribution in [0.25, 0.3) is 0 Å². The van der Waals surface area contributed by atoms with Crippen LogP contribution in [0.5, 0.6) is 0 Å². The highest BCUT2D eigenvalue weighted by Gasteiger charge is 2.04. The number of thiocarbonyl (C=S) groups is 1. The number of benzene rings is 1. The van der Waals surface area contributed by atoms with Gasteiger partial charge in [-0.2, -0.15) is 0 Å². The molecular formula is C12H9F2N3S. The minimum atomic E-state index is -0.913. The fourth-order valence-electron chi connectivity index (χ4n) is 1.38. The third-order valence-electron chi connectivity index (χ3n) is 2.22. The molecule has 0 spiro atoms. The molecular weight excluding hydrogens is 256 g/mol. The fraction of sp³-hybridized carbons (Fsp3) is 0. The molecule has 0 bridgehead atoms. The Kier molecular flexibility index (Phi) is 3.47. The van der Waals surface area contributed by atoms with Gasteiger partial charge in [0.05, 0.1) is 5.69 Å². The Morgan fingerprint density at radius 2 is 1.83 bits per heavy atom. The lowest BCUT2D eigenvalue weighted by Gasteiger charge is -2.07. The summed E-state index contributed by atoms with van der Waals surface area (Å²) in [6.07, 6.45) is 1.52. The van der Waals surface area contributed by atoms with Gasteiger partial charge < -0.3 is 11.1 Å². The molecule has 0 unspecified atom stereocenters. The second-order valence-corrected chi connectivity index (χ2v) is 3.99. The van der Waals surface area contributed by atoms with E-state index in [4.69, 9.17) is 18.0 Å². The highest BCUT2D eigenvalue weighted by atomic mass is 32.1. The van der Waals surface area contributed by atoms with Crippen molar-refractivity contribution in [3.63, 3.8) is 0 Å². The number of nitrogens with zero attached hydrogens (tertiary/aromatic N) is 1. The first kappa shape index (κ1) is 12.4. The van der Waals surface area contributed by atoms with Crippen LogP contribution >= 0.6 is 12.2 Å². The van der Waals surface area contributed by atoms with Gasteiger partial charge in [0, 0.05) is 23.6 Å². The molecule has 6 heteroatoms. The quantitative estimate of drug-likeness (QED) is 0.838. The van der Waals surface area contributed by atoms with E-state index in [1.165, 1.54) is 12.3 Å². The van der Waals surface area contributed by atoms with Crippen molar-refractivity contribution in [2.75, 3.05) is 5.32 Å². The van der Waals surface area contributed by atoms with E-state index in [1.807, 2.05) is 0 Å². The first-order valence-electron chi connectivity index (χ1n) is 5.04. The minimum Gasteiger partial charge on any atom is -0.388 e. The molecule has 1 aromatic carbocycles. The van der Waals surface area contributed by atoms with Gasteiger partial charge in [-0.25, -0.2) is 8.78 Å². The summed E-state index contributed by atoms with van der Waals surface area (Å²) in [5.41, 5.74) is 6.97. The van der Waals surface area contributed by atoms with Crippen LogP contribution in [0.2, 0.25) is 0 Å². The Balaban J connectivity index is 2.25. The number of nitrogens with one attached hydrogen (secondary N) is 1. The zero-order valence-corrected chi connectivity index (χ0v) is 9.97. The molecule has 92 valence electrons. The van der Waals surface area contributed by atoms with Gasteiger partial charge in [-0.15, -0.1) is 0 Å². The van der Waals surface area contributed by atoms with Crippen LogP contribution in [0.3, 0.4) is 0 Å². The van der Waals surface area contributed by atoms with E-state index in [2.05, 4.69) is 10.3 Å². The van der Waals surface area contributed by atoms with E-state index in [0.717, 1.165) is 12.1 Å². The van der Waals surface area contributed by atoms with Crippen molar-refractivity contribution in [3.05, 3.63) is 53.9 Å². The van der Waals surface area contributed by atoms with Crippen LogP contribution < -0.4 is 11.1 Å². The van der Waals surface area contributed by atoms with Gasteiger partial charge >= 0.3 is 0 Å². The third-order valence-corrected chi connectivity index (χ3v) is 2.43. The highest BCUT2D eigenvalue weighted by molar-refractivity contribution is 7.80. The molecule has 3 N–H and O–H groups in total. The average molecular weight is 265 g/mol. The van der Waals surface area contributed by atoms with Crippen LogP contribution in [0.1, 0.15) is 5.69 Å². The van der Waals surface area contributed by atoms with Crippen LogP contribution in [-0.4, -0.2) is 9.97 Å². The summed E-state index contributed by atoms with van der Waals surface area (Å²) in [6, 6.07) is 6.84. The fourth-order valence-corrected chi connectivity index (χ4v) is 1.50. The molecule has 2 aromatic rings. The van der Waals surface area contributed by atoms with Crippen molar-refractivity contribution in [1.82, 2.24) is 4.98 Å². The summed E-state index contributed by atoms with van der Waals surface area (Å²) < 4.78 is 25.8. The Morgan fingerprint density at radius 1 is 1.11 bits per heavy atom. The number of aromatic nitrogens is 1.